The smallest absolute Gasteiger partial charge is 0.407 e. The van der Waals surface area contributed by atoms with Crippen LogP contribution in [0.15, 0.2) is 0 Å². The van der Waals surface area contributed by atoms with Crippen LogP contribution >= 0.6 is 11.8 Å². The summed E-state index contributed by atoms with van der Waals surface area (Å²) < 4.78 is 5.09. The number of aliphatic carboxylic acids is 1. The Bertz CT molecular complexity index is 287. The van der Waals surface area contributed by atoms with Crippen molar-refractivity contribution in [2.24, 2.45) is 0 Å². The van der Waals surface area contributed by atoms with E-state index in [1.807, 2.05) is 0 Å². The van der Waals surface area contributed by atoms with Gasteiger partial charge in [0.25, 0.3) is 0 Å². The van der Waals surface area contributed by atoms with E-state index in [1.54, 1.807) is 20.8 Å². The van der Waals surface area contributed by atoms with Gasteiger partial charge in [-0.1, -0.05) is 0 Å². The summed E-state index contributed by atoms with van der Waals surface area (Å²) in [7, 11) is 0. The number of nitrogens with one attached hydrogen (secondary N) is 1. The highest BCUT2D eigenvalue weighted by molar-refractivity contribution is 8.00. The minimum atomic E-state index is -0.821. The molecule has 6 heteroatoms. The Hall–Kier alpha value is -0.910. The molecule has 0 aromatic rings. The number of thioether (sulfide) groups is 1. The maximum absolute atomic E-state index is 11.4. The Kier molecular flexibility index (Phi) is 4.07. The molecule has 5 nitrogen and oxygen atoms in total. The van der Waals surface area contributed by atoms with E-state index in [0.717, 1.165) is 0 Å². The molecule has 0 bridgehead atoms. The Morgan fingerprint density at radius 2 is 2.06 bits per heavy atom. The molecule has 0 aliphatic carbocycles. The Balaban J connectivity index is 2.34. The van der Waals surface area contributed by atoms with Crippen molar-refractivity contribution in [1.29, 1.82) is 0 Å². The molecule has 1 saturated heterocycles. The summed E-state index contributed by atoms with van der Waals surface area (Å²) in [6, 6.07) is -0.110. The second kappa shape index (κ2) is 4.95. The van der Waals surface area contributed by atoms with Crippen molar-refractivity contribution in [2.75, 3.05) is 5.75 Å². The highest BCUT2D eigenvalue weighted by Gasteiger charge is 2.32. The molecule has 0 aromatic carbocycles. The minimum Gasteiger partial charge on any atom is -0.480 e. The minimum absolute atomic E-state index is 0.110. The van der Waals surface area contributed by atoms with E-state index >= 15 is 0 Å². The average Bonchev–Trinajstić information content (AvgIpc) is 2.48. The van der Waals surface area contributed by atoms with Crippen LogP contribution in [0.3, 0.4) is 0 Å². The molecule has 0 aromatic heterocycles. The third kappa shape index (κ3) is 4.30. The van der Waals surface area contributed by atoms with Gasteiger partial charge in [-0.25, -0.2) is 4.79 Å². The van der Waals surface area contributed by atoms with Crippen molar-refractivity contribution in [3.8, 4) is 0 Å². The molecule has 92 valence electrons. The molecule has 0 unspecified atom stereocenters. The van der Waals surface area contributed by atoms with Gasteiger partial charge in [-0.3, -0.25) is 4.79 Å². The van der Waals surface area contributed by atoms with Crippen LogP contribution in [-0.4, -0.2) is 39.8 Å². The highest BCUT2D eigenvalue weighted by Crippen LogP contribution is 2.27. The molecular formula is C10H17NO4S. The number of carbonyl (C=O) groups excluding carboxylic acids is 1. The first-order chi connectivity index (χ1) is 7.28. The van der Waals surface area contributed by atoms with Gasteiger partial charge < -0.3 is 15.2 Å². The van der Waals surface area contributed by atoms with Gasteiger partial charge in [0.2, 0.25) is 0 Å². The molecule has 1 fully saturated rings. The third-order valence-corrected chi connectivity index (χ3v) is 3.38. The van der Waals surface area contributed by atoms with Crippen molar-refractivity contribution in [3.05, 3.63) is 0 Å². The zero-order chi connectivity index (χ0) is 12.3. The number of amides is 1. The van der Waals surface area contributed by atoms with Gasteiger partial charge >= 0.3 is 12.1 Å². The van der Waals surface area contributed by atoms with Crippen molar-refractivity contribution in [3.63, 3.8) is 0 Å². The molecule has 2 atom stereocenters. The van der Waals surface area contributed by atoms with Crippen LogP contribution in [0.25, 0.3) is 0 Å². The molecule has 1 aliphatic rings. The van der Waals surface area contributed by atoms with E-state index in [0.29, 0.717) is 12.2 Å². The number of carboxylic acids is 1. The second-order valence-electron chi connectivity index (χ2n) is 4.74. The first kappa shape index (κ1) is 13.2. The van der Waals surface area contributed by atoms with Crippen molar-refractivity contribution < 1.29 is 19.4 Å². The zero-order valence-corrected chi connectivity index (χ0v) is 10.5. The van der Waals surface area contributed by atoms with E-state index < -0.39 is 22.9 Å². The van der Waals surface area contributed by atoms with E-state index in [4.69, 9.17) is 9.84 Å². The largest absolute Gasteiger partial charge is 0.480 e. The second-order valence-corrected chi connectivity index (χ2v) is 5.97. The molecule has 0 radical (unpaired) electrons. The molecule has 16 heavy (non-hydrogen) atoms. The Labute approximate surface area is 98.9 Å². The fraction of sp³-hybridized carbons (Fsp3) is 0.800. The number of hydrogen-bond donors (Lipinski definition) is 2. The van der Waals surface area contributed by atoms with Gasteiger partial charge in [0, 0.05) is 11.8 Å². The summed E-state index contributed by atoms with van der Waals surface area (Å²) in [6.45, 7) is 5.36. The van der Waals surface area contributed by atoms with Gasteiger partial charge in [0.05, 0.1) is 0 Å². The molecule has 1 heterocycles. The van der Waals surface area contributed by atoms with Crippen molar-refractivity contribution >= 4 is 23.8 Å². The number of carboxylic acid groups (broad SMARTS) is 1. The maximum atomic E-state index is 11.4. The van der Waals surface area contributed by atoms with Crippen molar-refractivity contribution in [2.45, 2.75) is 44.1 Å². The van der Waals surface area contributed by atoms with E-state index in [9.17, 15) is 9.59 Å². The first-order valence-electron chi connectivity index (χ1n) is 5.12. The van der Waals surface area contributed by atoms with Gasteiger partial charge in [0.1, 0.15) is 10.9 Å². The Morgan fingerprint density at radius 3 is 2.50 bits per heavy atom. The summed E-state index contributed by atoms with van der Waals surface area (Å²) >= 11 is 1.35. The highest BCUT2D eigenvalue weighted by atomic mass is 32.2. The van der Waals surface area contributed by atoms with Crippen LogP contribution in [0.2, 0.25) is 0 Å². The van der Waals surface area contributed by atoms with Gasteiger partial charge in [-0.2, -0.15) is 0 Å². The lowest BCUT2D eigenvalue weighted by Gasteiger charge is -2.21. The third-order valence-electron chi connectivity index (χ3n) is 1.99. The van der Waals surface area contributed by atoms with Crippen molar-refractivity contribution in [1.82, 2.24) is 5.32 Å². The number of hydrogen-bond acceptors (Lipinski definition) is 4. The lowest BCUT2D eigenvalue weighted by Crippen LogP contribution is -2.39. The van der Waals surface area contributed by atoms with Crippen LogP contribution in [0.1, 0.15) is 27.2 Å². The zero-order valence-electron chi connectivity index (χ0n) is 9.65. The predicted molar refractivity (Wildman–Crippen MR) is 61.7 cm³/mol. The predicted octanol–water partition coefficient (Wildman–Crippen LogP) is 1.47. The van der Waals surface area contributed by atoms with E-state index in [2.05, 4.69) is 5.32 Å². The summed E-state index contributed by atoms with van der Waals surface area (Å²) in [5.41, 5.74) is -0.526. The standard InChI is InChI=1S/C10H17NO4S/c1-10(2,3)15-9(14)11-6-4-7(8(12)13)16-5-6/h6-7H,4-5H2,1-3H3,(H,11,14)(H,12,13)/t6-,7-/m1/s1. The molecule has 0 saturated carbocycles. The molecule has 2 N–H and O–H groups in total. The van der Waals surface area contributed by atoms with Gasteiger partial charge in [0.15, 0.2) is 0 Å². The first-order valence-corrected chi connectivity index (χ1v) is 6.17. The van der Waals surface area contributed by atoms with E-state index in [-0.39, 0.29) is 6.04 Å². The van der Waals surface area contributed by atoms with Crippen LogP contribution in [-0.2, 0) is 9.53 Å². The lowest BCUT2D eigenvalue weighted by molar-refractivity contribution is -0.136. The maximum Gasteiger partial charge on any atom is 0.407 e. The monoisotopic (exact) mass is 247 g/mol. The summed E-state index contributed by atoms with van der Waals surface area (Å²) in [4.78, 5) is 22.1. The summed E-state index contributed by atoms with van der Waals surface area (Å²) in [6.07, 6.45) is -0.0247. The summed E-state index contributed by atoms with van der Waals surface area (Å²) in [5.74, 6) is -0.200. The molecule has 1 amide bonds. The summed E-state index contributed by atoms with van der Waals surface area (Å²) in [5, 5.41) is 11.0. The topological polar surface area (TPSA) is 75.6 Å². The SMILES string of the molecule is CC(C)(C)OC(=O)N[C@H]1CS[C@@H](C(=O)O)C1. The normalized spacial score (nSPS) is 25.2. The van der Waals surface area contributed by atoms with Crippen LogP contribution in [0, 0.1) is 0 Å². The van der Waals surface area contributed by atoms with E-state index in [1.165, 1.54) is 11.8 Å². The van der Waals surface area contributed by atoms with Crippen LogP contribution < -0.4 is 5.32 Å². The number of ether oxygens (including phenoxy) is 1. The molecular weight excluding hydrogens is 230 g/mol. The number of alkyl carbamates (subject to hydrolysis) is 1. The average molecular weight is 247 g/mol. The quantitative estimate of drug-likeness (QED) is 0.772. The molecule has 1 rings (SSSR count). The Morgan fingerprint density at radius 1 is 1.44 bits per heavy atom. The van der Waals surface area contributed by atoms with Crippen LogP contribution in [0.4, 0.5) is 4.79 Å². The number of carbonyl (C=O) groups is 2. The fourth-order valence-corrected chi connectivity index (χ4v) is 2.57. The number of rotatable bonds is 2. The fourth-order valence-electron chi connectivity index (χ4n) is 1.37. The van der Waals surface area contributed by atoms with Gasteiger partial charge in [-0.05, 0) is 27.2 Å². The lowest BCUT2D eigenvalue weighted by atomic mass is 10.2. The molecule has 1 aliphatic heterocycles. The van der Waals surface area contributed by atoms with Crippen LogP contribution in [0.5, 0.6) is 0 Å². The molecule has 0 spiro atoms. The van der Waals surface area contributed by atoms with Gasteiger partial charge in [-0.15, -0.1) is 11.8 Å².